The second-order valence-corrected chi connectivity index (χ2v) is 5.65. The SMILES string of the molecule is CCCC1(c2c(Cl)cnn2C(C)C)CCCN1. The summed E-state index contributed by atoms with van der Waals surface area (Å²) in [6.45, 7) is 7.62. The summed E-state index contributed by atoms with van der Waals surface area (Å²) in [5, 5.41) is 8.90. The van der Waals surface area contributed by atoms with Crippen LogP contribution in [0.1, 0.15) is 58.2 Å². The van der Waals surface area contributed by atoms with Gasteiger partial charge in [0.25, 0.3) is 0 Å². The maximum Gasteiger partial charge on any atom is 0.0837 e. The first-order chi connectivity index (χ1) is 8.10. The van der Waals surface area contributed by atoms with Crippen molar-refractivity contribution in [3.05, 3.63) is 16.9 Å². The van der Waals surface area contributed by atoms with Crippen LogP contribution in [0.3, 0.4) is 0 Å². The molecular formula is C13H22ClN3. The molecule has 1 unspecified atom stereocenters. The van der Waals surface area contributed by atoms with E-state index >= 15 is 0 Å². The topological polar surface area (TPSA) is 29.9 Å². The third kappa shape index (κ3) is 2.23. The Morgan fingerprint density at radius 2 is 2.35 bits per heavy atom. The molecule has 4 heteroatoms. The summed E-state index contributed by atoms with van der Waals surface area (Å²) >= 11 is 6.37. The van der Waals surface area contributed by atoms with Crippen LogP contribution in [0.2, 0.25) is 5.02 Å². The summed E-state index contributed by atoms with van der Waals surface area (Å²) < 4.78 is 2.08. The summed E-state index contributed by atoms with van der Waals surface area (Å²) in [5.41, 5.74) is 1.24. The first-order valence-corrected chi connectivity index (χ1v) is 6.97. The Kier molecular flexibility index (Phi) is 3.79. The second-order valence-electron chi connectivity index (χ2n) is 5.24. The quantitative estimate of drug-likeness (QED) is 0.893. The molecule has 1 N–H and O–H groups in total. The van der Waals surface area contributed by atoms with E-state index < -0.39 is 0 Å². The lowest BCUT2D eigenvalue weighted by Crippen LogP contribution is -2.39. The zero-order chi connectivity index (χ0) is 12.5. The van der Waals surface area contributed by atoms with Gasteiger partial charge in [0, 0.05) is 6.04 Å². The number of aromatic nitrogens is 2. The van der Waals surface area contributed by atoms with Crippen molar-refractivity contribution in [1.82, 2.24) is 15.1 Å². The van der Waals surface area contributed by atoms with E-state index in [1.165, 1.54) is 18.5 Å². The minimum Gasteiger partial charge on any atom is -0.306 e. The van der Waals surface area contributed by atoms with Crippen LogP contribution < -0.4 is 5.32 Å². The number of hydrogen-bond acceptors (Lipinski definition) is 2. The van der Waals surface area contributed by atoms with Crippen molar-refractivity contribution in [3.63, 3.8) is 0 Å². The van der Waals surface area contributed by atoms with Gasteiger partial charge in [-0.15, -0.1) is 0 Å². The van der Waals surface area contributed by atoms with Gasteiger partial charge in [0.2, 0.25) is 0 Å². The number of nitrogens with zero attached hydrogens (tertiary/aromatic N) is 2. The maximum atomic E-state index is 6.37. The van der Waals surface area contributed by atoms with Crippen LogP contribution in [-0.2, 0) is 5.54 Å². The molecule has 0 saturated carbocycles. The molecule has 2 heterocycles. The summed E-state index contributed by atoms with van der Waals surface area (Å²) in [6.07, 6.45) is 6.46. The Labute approximate surface area is 109 Å². The molecule has 0 aromatic carbocycles. The van der Waals surface area contributed by atoms with E-state index in [-0.39, 0.29) is 5.54 Å². The van der Waals surface area contributed by atoms with Crippen LogP contribution in [0.5, 0.6) is 0 Å². The molecule has 1 atom stereocenters. The van der Waals surface area contributed by atoms with E-state index in [0.717, 1.165) is 24.4 Å². The molecular weight excluding hydrogens is 234 g/mol. The van der Waals surface area contributed by atoms with Gasteiger partial charge in [-0.05, 0) is 39.7 Å². The Bertz CT molecular complexity index is 378. The van der Waals surface area contributed by atoms with Crippen molar-refractivity contribution < 1.29 is 0 Å². The summed E-state index contributed by atoms with van der Waals surface area (Å²) in [4.78, 5) is 0. The normalized spacial score (nSPS) is 24.8. The van der Waals surface area contributed by atoms with E-state index in [1.807, 2.05) is 0 Å². The highest BCUT2D eigenvalue weighted by molar-refractivity contribution is 6.31. The maximum absolute atomic E-state index is 6.37. The molecule has 2 rings (SSSR count). The molecule has 1 fully saturated rings. The Hall–Kier alpha value is -0.540. The average molecular weight is 256 g/mol. The minimum absolute atomic E-state index is 0.0482. The van der Waals surface area contributed by atoms with Crippen LogP contribution in [-0.4, -0.2) is 16.3 Å². The molecule has 3 nitrogen and oxygen atoms in total. The highest BCUT2D eigenvalue weighted by Gasteiger charge is 2.39. The molecule has 1 saturated heterocycles. The molecule has 0 radical (unpaired) electrons. The van der Waals surface area contributed by atoms with Gasteiger partial charge in [0.15, 0.2) is 0 Å². The fourth-order valence-corrected chi connectivity index (χ4v) is 3.26. The zero-order valence-corrected chi connectivity index (χ0v) is 11.7. The molecule has 0 bridgehead atoms. The van der Waals surface area contributed by atoms with E-state index in [0.29, 0.717) is 6.04 Å². The highest BCUT2D eigenvalue weighted by Crippen LogP contribution is 2.39. The van der Waals surface area contributed by atoms with Gasteiger partial charge in [-0.25, -0.2) is 0 Å². The third-order valence-corrected chi connectivity index (χ3v) is 3.89. The summed E-state index contributed by atoms with van der Waals surface area (Å²) in [7, 11) is 0. The molecule has 1 aromatic rings. The lowest BCUT2D eigenvalue weighted by Gasteiger charge is -2.31. The Balaban J connectivity index is 2.45. The second kappa shape index (κ2) is 4.99. The van der Waals surface area contributed by atoms with Crippen LogP contribution in [0, 0.1) is 0 Å². The largest absolute Gasteiger partial charge is 0.306 e. The predicted octanol–water partition coefficient (Wildman–Crippen LogP) is 3.50. The van der Waals surface area contributed by atoms with Crippen LogP contribution >= 0.6 is 11.6 Å². The number of nitrogens with one attached hydrogen (secondary N) is 1. The fourth-order valence-electron chi connectivity index (χ4n) is 2.95. The molecule has 1 aliphatic rings. The van der Waals surface area contributed by atoms with Crippen molar-refractivity contribution in [1.29, 1.82) is 0 Å². The first kappa shape index (κ1) is 12.9. The smallest absolute Gasteiger partial charge is 0.0837 e. The predicted molar refractivity (Wildman–Crippen MR) is 71.4 cm³/mol. The fraction of sp³-hybridized carbons (Fsp3) is 0.769. The molecule has 0 aliphatic carbocycles. The van der Waals surface area contributed by atoms with Gasteiger partial charge in [-0.3, -0.25) is 4.68 Å². The Morgan fingerprint density at radius 1 is 1.59 bits per heavy atom. The third-order valence-electron chi connectivity index (χ3n) is 3.61. The van der Waals surface area contributed by atoms with Crippen LogP contribution in [0.4, 0.5) is 0 Å². The summed E-state index contributed by atoms with van der Waals surface area (Å²) in [6, 6.07) is 0.355. The van der Waals surface area contributed by atoms with Crippen molar-refractivity contribution in [2.75, 3.05) is 6.54 Å². The van der Waals surface area contributed by atoms with Crippen molar-refractivity contribution in [2.45, 2.75) is 58.0 Å². The molecule has 1 aromatic heterocycles. The van der Waals surface area contributed by atoms with E-state index in [9.17, 15) is 0 Å². The monoisotopic (exact) mass is 255 g/mol. The van der Waals surface area contributed by atoms with Gasteiger partial charge in [-0.1, -0.05) is 24.9 Å². The highest BCUT2D eigenvalue weighted by atomic mass is 35.5. The lowest BCUT2D eigenvalue weighted by molar-refractivity contribution is 0.315. The zero-order valence-electron chi connectivity index (χ0n) is 11.0. The number of halogens is 1. The molecule has 0 spiro atoms. The van der Waals surface area contributed by atoms with Gasteiger partial charge in [0.1, 0.15) is 0 Å². The standard InChI is InChI=1S/C13H22ClN3/c1-4-6-13(7-5-8-15-13)12-11(14)9-16-17(12)10(2)3/h9-10,15H,4-8H2,1-3H3. The summed E-state index contributed by atoms with van der Waals surface area (Å²) in [5.74, 6) is 0. The first-order valence-electron chi connectivity index (χ1n) is 6.59. The van der Waals surface area contributed by atoms with Crippen molar-refractivity contribution in [3.8, 4) is 0 Å². The average Bonchev–Trinajstić information content (AvgIpc) is 2.86. The van der Waals surface area contributed by atoms with Gasteiger partial charge < -0.3 is 5.32 Å². The Morgan fingerprint density at radius 3 is 2.88 bits per heavy atom. The molecule has 96 valence electrons. The minimum atomic E-state index is 0.0482. The number of rotatable bonds is 4. The molecule has 1 aliphatic heterocycles. The van der Waals surface area contributed by atoms with Crippen molar-refractivity contribution in [2.24, 2.45) is 0 Å². The van der Waals surface area contributed by atoms with Gasteiger partial charge >= 0.3 is 0 Å². The van der Waals surface area contributed by atoms with Crippen molar-refractivity contribution >= 4 is 11.6 Å². The van der Waals surface area contributed by atoms with Crippen LogP contribution in [0.15, 0.2) is 6.20 Å². The molecule has 17 heavy (non-hydrogen) atoms. The van der Waals surface area contributed by atoms with Gasteiger partial charge in [0.05, 0.1) is 22.5 Å². The lowest BCUT2D eigenvalue weighted by atomic mass is 9.88. The van der Waals surface area contributed by atoms with Crippen LogP contribution in [0.25, 0.3) is 0 Å². The number of hydrogen-bond donors (Lipinski definition) is 1. The van der Waals surface area contributed by atoms with Gasteiger partial charge in [-0.2, -0.15) is 5.10 Å². The van der Waals surface area contributed by atoms with E-state index in [4.69, 9.17) is 11.6 Å². The van der Waals surface area contributed by atoms with E-state index in [1.54, 1.807) is 6.20 Å². The molecule has 0 amide bonds. The van der Waals surface area contributed by atoms with E-state index in [2.05, 4.69) is 35.9 Å².